The largest absolute Gasteiger partial charge is 0.417 e. The molecule has 0 amide bonds. The molecule has 0 heterocycles. The van der Waals surface area contributed by atoms with E-state index in [-0.39, 0.29) is 22.3 Å². The second kappa shape index (κ2) is 7.72. The fourth-order valence-electron chi connectivity index (χ4n) is 4.29. The molecule has 2 nitrogen and oxygen atoms in total. The molecule has 1 aromatic rings. The van der Waals surface area contributed by atoms with Crippen LogP contribution in [-0.4, -0.2) is 15.1 Å². The van der Waals surface area contributed by atoms with E-state index in [4.69, 9.17) is 4.43 Å². The van der Waals surface area contributed by atoms with Crippen LogP contribution in [0.3, 0.4) is 0 Å². The molecule has 27 heavy (non-hydrogen) atoms. The number of nitrogens with zero attached hydrogens (tertiary/aromatic N) is 1. The average molecular weight is 386 g/mol. The first-order valence-electron chi connectivity index (χ1n) is 10.5. The second-order valence-electron chi connectivity index (χ2n) is 11.0. The van der Waals surface area contributed by atoms with E-state index in [1.54, 1.807) is 0 Å². The maximum absolute atomic E-state index is 9.82. The number of hydrogen-bond acceptors (Lipinski definition) is 2. The molecule has 1 unspecified atom stereocenters. The maximum atomic E-state index is 9.82. The van der Waals surface area contributed by atoms with Gasteiger partial charge in [0.05, 0.1) is 11.6 Å². The van der Waals surface area contributed by atoms with Crippen molar-refractivity contribution in [3.8, 4) is 6.07 Å². The molecular formula is C24H39NOSi. The van der Waals surface area contributed by atoms with Crippen LogP contribution in [0.15, 0.2) is 12.1 Å². The van der Waals surface area contributed by atoms with Crippen molar-refractivity contribution in [1.29, 1.82) is 5.26 Å². The van der Waals surface area contributed by atoms with Crippen LogP contribution < -0.4 is 0 Å². The van der Waals surface area contributed by atoms with Gasteiger partial charge in [0.25, 0.3) is 0 Å². The summed E-state index contributed by atoms with van der Waals surface area (Å²) in [4.78, 5) is 0. The van der Waals surface area contributed by atoms with Crippen LogP contribution in [0.4, 0.5) is 0 Å². The van der Waals surface area contributed by atoms with Crippen molar-refractivity contribution >= 4 is 9.04 Å². The first-order chi connectivity index (χ1) is 12.3. The van der Waals surface area contributed by atoms with Gasteiger partial charge in [0, 0.05) is 6.10 Å². The van der Waals surface area contributed by atoms with Gasteiger partial charge < -0.3 is 4.43 Å². The Morgan fingerprint density at radius 2 is 1.59 bits per heavy atom. The summed E-state index contributed by atoms with van der Waals surface area (Å²) in [6.45, 7) is 20.6. The molecule has 1 aromatic carbocycles. The summed E-state index contributed by atoms with van der Waals surface area (Å²) < 4.78 is 6.35. The highest BCUT2D eigenvalue weighted by Crippen LogP contribution is 2.46. The topological polar surface area (TPSA) is 33.0 Å². The van der Waals surface area contributed by atoms with Crippen molar-refractivity contribution in [2.24, 2.45) is 5.41 Å². The molecule has 0 N–H and O–H groups in total. The van der Waals surface area contributed by atoms with Gasteiger partial charge in [-0.2, -0.15) is 5.26 Å². The predicted octanol–water partition coefficient (Wildman–Crippen LogP) is 6.25. The molecule has 0 radical (unpaired) electrons. The summed E-state index contributed by atoms with van der Waals surface area (Å²) in [5.41, 5.74) is 5.32. The third kappa shape index (κ3) is 5.03. The minimum absolute atomic E-state index is 0.125. The van der Waals surface area contributed by atoms with Crippen LogP contribution in [0, 0.1) is 16.7 Å². The maximum Gasteiger partial charge on any atom is 0.171 e. The monoisotopic (exact) mass is 385 g/mol. The van der Waals surface area contributed by atoms with Gasteiger partial charge in [0.15, 0.2) is 9.04 Å². The summed E-state index contributed by atoms with van der Waals surface area (Å²) in [5.74, 6) is 0. The van der Waals surface area contributed by atoms with Gasteiger partial charge in [0.1, 0.15) is 0 Å². The average Bonchev–Trinajstić information content (AvgIpc) is 2.54. The lowest BCUT2D eigenvalue weighted by molar-refractivity contribution is 0.0788. The van der Waals surface area contributed by atoms with Crippen molar-refractivity contribution in [3.63, 3.8) is 0 Å². The van der Waals surface area contributed by atoms with E-state index >= 15 is 0 Å². The zero-order valence-electron chi connectivity index (χ0n) is 19.0. The first kappa shape index (κ1) is 22.2. The third-order valence-corrected chi connectivity index (χ3v) is 7.15. The van der Waals surface area contributed by atoms with E-state index in [1.165, 1.54) is 29.5 Å². The summed E-state index contributed by atoms with van der Waals surface area (Å²) in [5, 5.41) is 9.82. The van der Waals surface area contributed by atoms with E-state index < -0.39 is 9.04 Å². The van der Waals surface area contributed by atoms with Crippen LogP contribution in [0.2, 0.25) is 13.1 Å². The van der Waals surface area contributed by atoms with Gasteiger partial charge in [0.2, 0.25) is 0 Å². The molecule has 2 rings (SSSR count). The number of aryl methyl sites for hydroxylation is 1. The SMILES string of the molecule is C[SiH](C)OC(CCc1cc2c(cc1C#N)C(C)(C)CCC2(C)C)C(C)(C)C. The Bertz CT molecular complexity index is 719. The minimum atomic E-state index is -1.10. The molecule has 0 fully saturated rings. The van der Waals surface area contributed by atoms with Crippen molar-refractivity contribution in [2.75, 3.05) is 0 Å². The summed E-state index contributed by atoms with van der Waals surface area (Å²) in [7, 11) is -1.10. The molecule has 0 aromatic heterocycles. The van der Waals surface area contributed by atoms with Gasteiger partial charge in [-0.05, 0) is 77.8 Å². The Morgan fingerprint density at radius 3 is 2.04 bits per heavy atom. The Labute approximate surface area is 169 Å². The van der Waals surface area contributed by atoms with Crippen LogP contribution in [0.5, 0.6) is 0 Å². The number of benzene rings is 1. The lowest BCUT2D eigenvalue weighted by Gasteiger charge is -2.42. The van der Waals surface area contributed by atoms with Gasteiger partial charge in [-0.3, -0.25) is 0 Å². The molecule has 150 valence electrons. The Hall–Kier alpha value is -1.11. The van der Waals surface area contributed by atoms with E-state index in [0.717, 1.165) is 18.4 Å². The standard InChI is InChI=1S/C24H39NOSi/c1-22(2,3)21(26-27(8)9)11-10-17-14-19-20(15-18(17)16-25)24(6,7)13-12-23(19,4)5/h14-15,21,27H,10-13H2,1-9H3. The molecule has 0 saturated heterocycles. The van der Waals surface area contributed by atoms with E-state index in [9.17, 15) is 5.26 Å². The van der Waals surface area contributed by atoms with Crippen molar-refractivity contribution in [1.82, 2.24) is 0 Å². The van der Waals surface area contributed by atoms with Gasteiger partial charge in [-0.15, -0.1) is 0 Å². The molecule has 3 heteroatoms. The predicted molar refractivity (Wildman–Crippen MR) is 118 cm³/mol. The van der Waals surface area contributed by atoms with E-state index in [2.05, 4.69) is 79.8 Å². The summed E-state index contributed by atoms with van der Waals surface area (Å²) in [6, 6.07) is 7.02. The smallest absolute Gasteiger partial charge is 0.171 e. The number of nitriles is 1. The molecule has 0 bridgehead atoms. The lowest BCUT2D eigenvalue weighted by atomic mass is 9.62. The van der Waals surface area contributed by atoms with Crippen LogP contribution in [0.1, 0.15) is 90.0 Å². The van der Waals surface area contributed by atoms with Gasteiger partial charge in [-0.1, -0.05) is 54.5 Å². The number of fused-ring (bicyclic) bond motifs is 1. The normalized spacial score (nSPS) is 19.4. The Balaban J connectivity index is 2.39. The molecule has 0 saturated carbocycles. The quantitative estimate of drug-likeness (QED) is 0.561. The number of hydrogen-bond donors (Lipinski definition) is 0. The molecule has 0 spiro atoms. The fraction of sp³-hybridized carbons (Fsp3) is 0.708. The van der Waals surface area contributed by atoms with Crippen LogP contribution >= 0.6 is 0 Å². The number of rotatable bonds is 5. The molecule has 0 aliphatic heterocycles. The highest BCUT2D eigenvalue weighted by molar-refractivity contribution is 6.48. The molecule has 1 atom stereocenters. The Kier molecular flexibility index (Phi) is 6.34. The third-order valence-electron chi connectivity index (χ3n) is 6.28. The van der Waals surface area contributed by atoms with Crippen molar-refractivity contribution in [3.05, 3.63) is 34.4 Å². The zero-order chi connectivity index (χ0) is 20.6. The summed E-state index contributed by atoms with van der Waals surface area (Å²) >= 11 is 0. The Morgan fingerprint density at radius 1 is 1.07 bits per heavy atom. The first-order valence-corrected chi connectivity index (χ1v) is 13.3. The van der Waals surface area contributed by atoms with Gasteiger partial charge >= 0.3 is 0 Å². The molecule has 1 aliphatic carbocycles. The van der Waals surface area contributed by atoms with Crippen LogP contribution in [0.25, 0.3) is 0 Å². The highest BCUT2D eigenvalue weighted by Gasteiger charge is 2.37. The van der Waals surface area contributed by atoms with Crippen molar-refractivity contribution < 1.29 is 4.43 Å². The fourth-order valence-corrected chi connectivity index (χ4v) is 5.49. The highest BCUT2D eigenvalue weighted by atomic mass is 28.3. The van der Waals surface area contributed by atoms with E-state index in [1.807, 2.05) is 0 Å². The van der Waals surface area contributed by atoms with Gasteiger partial charge in [-0.25, -0.2) is 0 Å². The van der Waals surface area contributed by atoms with Crippen molar-refractivity contribution in [2.45, 2.75) is 104 Å². The van der Waals surface area contributed by atoms with Crippen LogP contribution in [-0.2, 0) is 21.7 Å². The second-order valence-corrected chi connectivity index (χ2v) is 13.4. The molecular weight excluding hydrogens is 346 g/mol. The summed E-state index contributed by atoms with van der Waals surface area (Å²) in [6.07, 6.45) is 4.51. The zero-order valence-corrected chi connectivity index (χ0v) is 20.1. The molecule has 1 aliphatic rings. The lowest BCUT2D eigenvalue weighted by Crippen LogP contribution is -2.35. The van der Waals surface area contributed by atoms with E-state index in [0.29, 0.717) is 0 Å². The minimum Gasteiger partial charge on any atom is -0.417 e.